The Morgan fingerprint density at radius 2 is 1.06 bits per heavy atom. The minimum Gasteiger partial charge on any atom is -0.308 e. The van der Waals surface area contributed by atoms with Crippen LogP contribution in [-0.2, 0) is 0 Å². The zero-order chi connectivity index (χ0) is 40.9. The second-order valence-corrected chi connectivity index (χ2v) is 18.6. The van der Waals surface area contributed by atoms with Gasteiger partial charge < -0.3 is 4.57 Å². The molecule has 3 nitrogen and oxygen atoms in total. The van der Waals surface area contributed by atoms with Crippen molar-refractivity contribution < 1.29 is 0 Å². The lowest BCUT2D eigenvalue weighted by atomic mass is 9.93. The van der Waals surface area contributed by atoms with Crippen molar-refractivity contribution in [2.75, 3.05) is 0 Å². The molecule has 0 spiro atoms. The van der Waals surface area contributed by atoms with Crippen molar-refractivity contribution in [3.05, 3.63) is 204 Å². The van der Waals surface area contributed by atoms with Crippen LogP contribution in [0.2, 0.25) is 0 Å². The first kappa shape index (κ1) is 35.6. The van der Waals surface area contributed by atoms with Crippen molar-refractivity contribution in [2.24, 2.45) is 9.98 Å². The van der Waals surface area contributed by atoms with Crippen LogP contribution in [0.1, 0.15) is 36.5 Å². The monoisotopic (exact) mass is 827 g/mol. The van der Waals surface area contributed by atoms with Gasteiger partial charge in [0.1, 0.15) is 0 Å². The van der Waals surface area contributed by atoms with Crippen LogP contribution < -0.4 is 0 Å². The van der Waals surface area contributed by atoms with Crippen molar-refractivity contribution in [1.82, 2.24) is 4.57 Å². The van der Waals surface area contributed by atoms with Gasteiger partial charge >= 0.3 is 0 Å². The fraction of sp³-hybridized carbons (Fsp3) is 0.0526. The predicted octanol–water partition coefficient (Wildman–Crippen LogP) is 16.3. The van der Waals surface area contributed by atoms with E-state index in [0.717, 1.165) is 41.3 Å². The molecule has 0 bridgehead atoms. The van der Waals surface area contributed by atoms with Gasteiger partial charge in [-0.05, 0) is 95.4 Å². The Hall–Kier alpha value is -7.18. The first-order valence-electron chi connectivity index (χ1n) is 21.3. The molecule has 292 valence electrons. The largest absolute Gasteiger partial charge is 0.308 e. The number of aromatic nitrogens is 1. The molecule has 0 saturated carbocycles. The van der Waals surface area contributed by atoms with Crippen molar-refractivity contribution in [3.8, 4) is 5.69 Å². The van der Waals surface area contributed by atoms with Crippen LogP contribution in [-0.4, -0.2) is 16.1 Å². The molecular formula is C57H37N3S2. The van der Waals surface area contributed by atoms with Crippen LogP contribution in [0.5, 0.6) is 0 Å². The summed E-state index contributed by atoms with van der Waals surface area (Å²) in [6, 6.07) is 66.5. The van der Waals surface area contributed by atoms with Crippen LogP contribution in [0.25, 0.3) is 95.1 Å². The van der Waals surface area contributed by atoms with Gasteiger partial charge in [0.15, 0.2) is 5.84 Å². The summed E-state index contributed by atoms with van der Waals surface area (Å²) in [4.78, 5) is 11.6. The van der Waals surface area contributed by atoms with Crippen molar-refractivity contribution in [2.45, 2.75) is 19.8 Å². The second kappa shape index (κ2) is 13.9. The van der Waals surface area contributed by atoms with E-state index in [1.54, 1.807) is 0 Å². The van der Waals surface area contributed by atoms with Gasteiger partial charge in [-0.1, -0.05) is 133 Å². The van der Waals surface area contributed by atoms with Crippen LogP contribution in [0, 0.1) is 0 Å². The molecule has 5 heteroatoms. The van der Waals surface area contributed by atoms with E-state index in [0.29, 0.717) is 0 Å². The topological polar surface area (TPSA) is 29.6 Å². The Bertz CT molecular complexity index is 3940. The van der Waals surface area contributed by atoms with Gasteiger partial charge in [-0.3, -0.25) is 0 Å². The highest BCUT2D eigenvalue weighted by atomic mass is 32.1. The summed E-state index contributed by atoms with van der Waals surface area (Å²) in [6.45, 7) is 2.28. The summed E-state index contributed by atoms with van der Waals surface area (Å²) in [5, 5.41) is 12.4. The lowest BCUT2D eigenvalue weighted by molar-refractivity contribution is 1.01. The van der Waals surface area contributed by atoms with Gasteiger partial charge in [0, 0.05) is 63.1 Å². The summed E-state index contributed by atoms with van der Waals surface area (Å²) in [5.74, 6) is 0.742. The number of allylic oxidation sites excluding steroid dienone is 1. The van der Waals surface area contributed by atoms with Gasteiger partial charge in [-0.25, -0.2) is 9.98 Å². The zero-order valence-corrected chi connectivity index (χ0v) is 35.5. The third-order valence-corrected chi connectivity index (χ3v) is 15.2. The number of amidine groups is 1. The first-order chi connectivity index (χ1) is 30.7. The first-order valence-corrected chi connectivity index (χ1v) is 22.9. The second-order valence-electron chi connectivity index (χ2n) is 16.4. The minimum atomic E-state index is 0.742. The number of hydrogen-bond acceptors (Lipinski definition) is 4. The molecule has 0 unspecified atom stereocenters. The third kappa shape index (κ3) is 5.42. The lowest BCUT2D eigenvalue weighted by Crippen LogP contribution is -2.11. The molecule has 0 saturated heterocycles. The smallest absolute Gasteiger partial charge is 0.160 e. The maximum Gasteiger partial charge on any atom is 0.160 e. The fourth-order valence-corrected chi connectivity index (χ4v) is 12.3. The maximum atomic E-state index is 5.82. The summed E-state index contributed by atoms with van der Waals surface area (Å²) in [6.07, 6.45) is 1.65. The Labute approximate surface area is 365 Å². The lowest BCUT2D eigenvalue weighted by Gasteiger charge is -2.19. The molecule has 13 rings (SSSR count). The van der Waals surface area contributed by atoms with E-state index < -0.39 is 0 Å². The highest BCUT2D eigenvalue weighted by Crippen LogP contribution is 2.45. The molecule has 0 radical (unpaired) electrons. The zero-order valence-electron chi connectivity index (χ0n) is 33.9. The molecule has 12 aromatic rings. The fourth-order valence-electron chi connectivity index (χ4n) is 9.98. The van der Waals surface area contributed by atoms with Crippen LogP contribution >= 0.6 is 22.7 Å². The molecule has 0 amide bonds. The van der Waals surface area contributed by atoms with Crippen molar-refractivity contribution in [1.29, 1.82) is 0 Å². The Balaban J connectivity index is 1.12. The minimum absolute atomic E-state index is 0.742. The highest BCUT2D eigenvalue weighted by Gasteiger charge is 2.24. The molecule has 0 atom stereocenters. The van der Waals surface area contributed by atoms with E-state index in [1.807, 2.05) is 22.7 Å². The van der Waals surface area contributed by atoms with Gasteiger partial charge in [-0.2, -0.15) is 0 Å². The van der Waals surface area contributed by atoms with E-state index >= 15 is 0 Å². The average molecular weight is 828 g/mol. The molecule has 62 heavy (non-hydrogen) atoms. The molecule has 3 aromatic heterocycles. The molecule has 4 heterocycles. The van der Waals surface area contributed by atoms with Gasteiger partial charge in [0.25, 0.3) is 0 Å². The number of para-hydroxylation sites is 1. The average Bonchev–Trinajstić information content (AvgIpc) is 4.00. The molecule has 0 N–H and O–H groups in total. The molecule has 0 fully saturated rings. The standard InChI is InChI=1S/C57H37N3S2/c1-34-28-30-46(39-22-12-17-35-14-4-5-18-38(35)39)58-57(59-55(34)43-23-13-27-52-53(43)41-20-7-10-25-50(41)61-52)44-29-31-48(56-54(44)42-21-8-11-26-51(42)62-56)60-47-24-9-6-19-40(47)45-32-36-15-2-3-16-37(36)33-49(45)60/h2-27,29,31-33H,28,30H2,1H3/b55-34-,58-46+,59-57-. The number of aliphatic imine (C=N–C) groups is 2. The van der Waals surface area contributed by atoms with Crippen LogP contribution in [0.15, 0.2) is 198 Å². The Morgan fingerprint density at radius 3 is 1.90 bits per heavy atom. The van der Waals surface area contributed by atoms with E-state index in [1.165, 1.54) is 100 Å². The molecule has 9 aromatic carbocycles. The van der Waals surface area contributed by atoms with Crippen molar-refractivity contribution >= 4 is 124 Å². The highest BCUT2D eigenvalue weighted by molar-refractivity contribution is 7.26. The number of benzene rings is 9. The third-order valence-electron chi connectivity index (χ3n) is 12.9. The maximum absolute atomic E-state index is 5.82. The molecule has 1 aliphatic heterocycles. The number of nitrogens with zero attached hydrogens (tertiary/aromatic N) is 3. The quantitative estimate of drug-likeness (QED) is 0.169. The van der Waals surface area contributed by atoms with Gasteiger partial charge in [0.2, 0.25) is 0 Å². The summed E-state index contributed by atoms with van der Waals surface area (Å²) in [7, 11) is 0. The normalized spacial score (nSPS) is 16.7. The van der Waals surface area contributed by atoms with E-state index in [9.17, 15) is 0 Å². The van der Waals surface area contributed by atoms with E-state index in [2.05, 4.69) is 193 Å². The number of thiophene rings is 2. The summed E-state index contributed by atoms with van der Waals surface area (Å²) >= 11 is 3.71. The summed E-state index contributed by atoms with van der Waals surface area (Å²) < 4.78 is 7.52. The number of hydrogen-bond donors (Lipinski definition) is 0. The number of rotatable bonds is 4. The molecular weight excluding hydrogens is 791 g/mol. The van der Waals surface area contributed by atoms with Crippen molar-refractivity contribution in [3.63, 3.8) is 0 Å². The van der Waals surface area contributed by atoms with Crippen LogP contribution in [0.3, 0.4) is 0 Å². The molecule has 0 aliphatic carbocycles. The summed E-state index contributed by atoms with van der Waals surface area (Å²) in [5.41, 5.74) is 10.3. The van der Waals surface area contributed by atoms with E-state index in [4.69, 9.17) is 9.98 Å². The van der Waals surface area contributed by atoms with E-state index in [-0.39, 0.29) is 0 Å². The van der Waals surface area contributed by atoms with Crippen LogP contribution in [0.4, 0.5) is 0 Å². The van der Waals surface area contributed by atoms with Gasteiger partial charge in [0.05, 0.1) is 32.8 Å². The van der Waals surface area contributed by atoms with Gasteiger partial charge in [-0.15, -0.1) is 22.7 Å². The Kier molecular flexibility index (Phi) is 7.99. The predicted molar refractivity (Wildman–Crippen MR) is 269 cm³/mol. The SMILES string of the molecule is C/C1=C(c2cccc3sc4ccccc4c23)/N=C(c2ccc(-n3c4ccccc4c4cc5ccccc5cc43)c3sc4ccccc4c23)\N=C(\c2cccc3ccccc23)CC1. The number of fused-ring (bicyclic) bond motifs is 11. The molecule has 1 aliphatic rings. The Morgan fingerprint density at radius 1 is 0.435 bits per heavy atom.